The molecule has 0 bridgehead atoms. The molecule has 0 spiro atoms. The van der Waals surface area contributed by atoms with Crippen LogP contribution in [0.1, 0.15) is 19.8 Å². The zero-order valence-electron chi connectivity index (χ0n) is 13.7. The summed E-state index contributed by atoms with van der Waals surface area (Å²) >= 11 is 0. The van der Waals surface area contributed by atoms with Crippen LogP contribution in [0.5, 0.6) is 0 Å². The minimum Gasteiger partial charge on any atom is -0.480 e. The molecule has 0 amide bonds. The zero-order valence-corrected chi connectivity index (χ0v) is 14.6. The van der Waals surface area contributed by atoms with Crippen LogP contribution in [0.25, 0.3) is 0 Å². The number of sulfonamides is 1. The highest BCUT2D eigenvalue weighted by Crippen LogP contribution is 2.11. The van der Waals surface area contributed by atoms with Gasteiger partial charge in [0.2, 0.25) is 10.0 Å². The Hall–Kier alpha value is -0.700. The molecule has 126 valence electrons. The summed E-state index contributed by atoms with van der Waals surface area (Å²) in [6, 6.07) is 0. The number of hydrogen-bond donors (Lipinski definition) is 1. The minimum atomic E-state index is -3.80. The molecule has 0 aromatic carbocycles. The van der Waals surface area contributed by atoms with Gasteiger partial charge < -0.3 is 14.9 Å². The van der Waals surface area contributed by atoms with E-state index in [1.165, 1.54) is 11.2 Å². The maximum atomic E-state index is 12.3. The molecule has 0 radical (unpaired) electrons. The van der Waals surface area contributed by atoms with E-state index < -0.39 is 21.2 Å². The maximum Gasteiger partial charge on any atom is 0.323 e. The summed E-state index contributed by atoms with van der Waals surface area (Å²) in [4.78, 5) is 14.9. The quantitative estimate of drug-likeness (QED) is 0.576. The lowest BCUT2D eigenvalue weighted by atomic mass is 10.3. The van der Waals surface area contributed by atoms with Crippen LogP contribution in [0.3, 0.4) is 0 Å². The molecule has 8 heteroatoms. The third kappa shape index (κ3) is 7.75. The van der Waals surface area contributed by atoms with Crippen LogP contribution in [-0.4, -0.2) is 93.2 Å². The van der Waals surface area contributed by atoms with Crippen molar-refractivity contribution < 1.29 is 18.3 Å². The van der Waals surface area contributed by atoms with Gasteiger partial charge in [0.25, 0.3) is 0 Å². The van der Waals surface area contributed by atoms with Crippen LogP contribution < -0.4 is 0 Å². The number of aliphatic carboxylic acids is 1. The monoisotopic (exact) mass is 323 g/mol. The van der Waals surface area contributed by atoms with E-state index >= 15 is 0 Å². The highest BCUT2D eigenvalue weighted by atomic mass is 32.2. The lowest BCUT2D eigenvalue weighted by Gasteiger charge is -2.25. The molecular formula is C13H29N3O4S. The van der Waals surface area contributed by atoms with E-state index in [-0.39, 0.29) is 0 Å². The Kier molecular flexibility index (Phi) is 9.03. The molecule has 7 nitrogen and oxygen atoms in total. The fourth-order valence-electron chi connectivity index (χ4n) is 1.84. The lowest BCUT2D eigenvalue weighted by Crippen LogP contribution is -2.43. The molecule has 21 heavy (non-hydrogen) atoms. The van der Waals surface area contributed by atoms with Gasteiger partial charge in [0, 0.05) is 13.1 Å². The van der Waals surface area contributed by atoms with Gasteiger partial charge in [-0.1, -0.05) is 0 Å². The van der Waals surface area contributed by atoms with Crippen molar-refractivity contribution in [3.05, 3.63) is 0 Å². The van der Waals surface area contributed by atoms with E-state index in [0.29, 0.717) is 25.9 Å². The van der Waals surface area contributed by atoms with Gasteiger partial charge in [0.1, 0.15) is 0 Å². The van der Waals surface area contributed by atoms with Gasteiger partial charge >= 0.3 is 5.97 Å². The van der Waals surface area contributed by atoms with Crippen LogP contribution in [-0.2, 0) is 14.8 Å². The standard InChI is InChI=1S/C13H29N3O4S/c1-12(13(17)18)21(19,20)16(10-6-8-14(2)3)11-7-9-15(4)5/h12H,6-11H2,1-5H3,(H,17,18). The van der Waals surface area contributed by atoms with Crippen LogP contribution >= 0.6 is 0 Å². The summed E-state index contributed by atoms with van der Waals surface area (Å²) < 4.78 is 26.0. The van der Waals surface area contributed by atoms with Crippen molar-refractivity contribution in [2.24, 2.45) is 0 Å². The molecule has 0 heterocycles. The molecule has 0 aliphatic heterocycles. The number of hydrogen-bond acceptors (Lipinski definition) is 5. The fourth-order valence-corrected chi connectivity index (χ4v) is 3.31. The van der Waals surface area contributed by atoms with Gasteiger partial charge in [-0.25, -0.2) is 12.7 Å². The average Bonchev–Trinajstić information content (AvgIpc) is 2.34. The Bertz CT molecular complexity index is 396. The molecule has 0 aliphatic rings. The summed E-state index contributed by atoms with van der Waals surface area (Å²) in [6.07, 6.45) is 1.36. The molecule has 1 unspecified atom stereocenters. The topological polar surface area (TPSA) is 81.2 Å². The predicted molar refractivity (Wildman–Crippen MR) is 83.9 cm³/mol. The molecule has 0 fully saturated rings. The van der Waals surface area contributed by atoms with E-state index in [0.717, 1.165) is 13.1 Å². The zero-order chi connectivity index (χ0) is 16.6. The number of carboxylic acid groups (broad SMARTS) is 1. The van der Waals surface area contributed by atoms with Gasteiger partial charge in [-0.2, -0.15) is 0 Å². The molecule has 0 saturated heterocycles. The van der Waals surface area contributed by atoms with Crippen LogP contribution in [0.15, 0.2) is 0 Å². The molecule has 0 aromatic rings. The third-order valence-corrected chi connectivity index (χ3v) is 5.36. The highest BCUT2D eigenvalue weighted by Gasteiger charge is 2.33. The smallest absolute Gasteiger partial charge is 0.323 e. The second-order valence-corrected chi connectivity index (χ2v) is 7.99. The largest absolute Gasteiger partial charge is 0.480 e. The highest BCUT2D eigenvalue weighted by molar-refractivity contribution is 7.90. The molecule has 1 N–H and O–H groups in total. The second kappa shape index (κ2) is 9.34. The van der Waals surface area contributed by atoms with Crippen molar-refractivity contribution in [3.63, 3.8) is 0 Å². The maximum absolute atomic E-state index is 12.3. The lowest BCUT2D eigenvalue weighted by molar-refractivity contribution is -0.136. The predicted octanol–water partition coefficient (Wildman–Crippen LogP) is -0.00530. The van der Waals surface area contributed by atoms with Crippen molar-refractivity contribution in [2.75, 3.05) is 54.4 Å². The summed E-state index contributed by atoms with van der Waals surface area (Å²) in [7, 11) is 3.89. The number of nitrogens with zero attached hydrogens (tertiary/aromatic N) is 3. The molecule has 0 aliphatic carbocycles. The SMILES string of the molecule is CC(C(=O)O)S(=O)(=O)N(CCCN(C)C)CCCN(C)C. The second-order valence-electron chi connectivity index (χ2n) is 5.74. The Labute approximate surface area is 128 Å². The summed E-state index contributed by atoms with van der Waals surface area (Å²) in [6.45, 7) is 3.46. The Morgan fingerprint density at radius 2 is 1.33 bits per heavy atom. The van der Waals surface area contributed by atoms with Crippen molar-refractivity contribution in [3.8, 4) is 0 Å². The Balaban J connectivity index is 4.80. The van der Waals surface area contributed by atoms with Crippen LogP contribution in [0, 0.1) is 0 Å². The van der Waals surface area contributed by atoms with E-state index in [2.05, 4.69) is 0 Å². The first-order chi connectivity index (χ1) is 9.59. The first-order valence-electron chi connectivity index (χ1n) is 7.10. The first kappa shape index (κ1) is 20.3. The van der Waals surface area contributed by atoms with E-state index in [4.69, 9.17) is 5.11 Å². The molecule has 0 aromatic heterocycles. The van der Waals surface area contributed by atoms with Gasteiger partial charge in [-0.3, -0.25) is 4.79 Å². The van der Waals surface area contributed by atoms with Gasteiger partial charge in [-0.15, -0.1) is 0 Å². The van der Waals surface area contributed by atoms with Crippen LogP contribution in [0.2, 0.25) is 0 Å². The number of carboxylic acids is 1. The van der Waals surface area contributed by atoms with Crippen molar-refractivity contribution in [1.29, 1.82) is 0 Å². The average molecular weight is 323 g/mol. The number of carbonyl (C=O) groups is 1. The minimum absolute atomic E-state index is 0.353. The third-order valence-electron chi connectivity index (χ3n) is 3.18. The van der Waals surface area contributed by atoms with Crippen LogP contribution in [0.4, 0.5) is 0 Å². The molecule has 1 atom stereocenters. The summed E-state index contributed by atoms with van der Waals surface area (Å²) in [5, 5.41) is 7.57. The van der Waals surface area contributed by atoms with Crippen molar-refractivity contribution in [1.82, 2.24) is 14.1 Å². The number of rotatable bonds is 11. The van der Waals surface area contributed by atoms with Crippen molar-refractivity contribution in [2.45, 2.75) is 25.0 Å². The normalized spacial score (nSPS) is 14.1. The fraction of sp³-hybridized carbons (Fsp3) is 0.923. The summed E-state index contributed by atoms with van der Waals surface area (Å²) in [5.74, 6) is -1.31. The van der Waals surface area contributed by atoms with E-state index in [1.807, 2.05) is 38.0 Å². The van der Waals surface area contributed by atoms with Gasteiger partial charge in [-0.05, 0) is 61.0 Å². The molecule has 0 rings (SSSR count). The summed E-state index contributed by atoms with van der Waals surface area (Å²) in [5.41, 5.74) is 0. The molecular weight excluding hydrogens is 294 g/mol. The van der Waals surface area contributed by atoms with Gasteiger partial charge in [0.05, 0.1) is 0 Å². The van der Waals surface area contributed by atoms with E-state index in [9.17, 15) is 13.2 Å². The first-order valence-corrected chi connectivity index (χ1v) is 8.60. The van der Waals surface area contributed by atoms with Crippen molar-refractivity contribution >= 4 is 16.0 Å². The molecule has 0 saturated carbocycles. The Morgan fingerprint density at radius 3 is 1.62 bits per heavy atom. The van der Waals surface area contributed by atoms with Gasteiger partial charge in [0.15, 0.2) is 5.25 Å². The van der Waals surface area contributed by atoms with E-state index in [1.54, 1.807) is 0 Å². The Morgan fingerprint density at radius 1 is 0.952 bits per heavy atom.